The first-order valence-electron chi connectivity index (χ1n) is 7.93. The number of para-hydroxylation sites is 3. The third-order valence-corrected chi connectivity index (χ3v) is 4.21. The van der Waals surface area contributed by atoms with Gasteiger partial charge in [-0.2, -0.15) is 0 Å². The summed E-state index contributed by atoms with van der Waals surface area (Å²) in [6, 6.07) is 19.4. The highest BCUT2D eigenvalue weighted by atomic mass is 16.3. The van der Waals surface area contributed by atoms with Gasteiger partial charge >= 0.3 is 0 Å². The number of hydrogen-bond donors (Lipinski definition) is 2. The summed E-state index contributed by atoms with van der Waals surface area (Å²) in [7, 11) is 0. The van der Waals surface area contributed by atoms with Crippen LogP contribution in [-0.4, -0.2) is 15.8 Å². The highest BCUT2D eigenvalue weighted by Gasteiger charge is 2.22. The number of rotatable bonds is 2. The van der Waals surface area contributed by atoms with Gasteiger partial charge in [0.15, 0.2) is 0 Å². The number of aliphatic imine (C=N–C) groups is 1. The monoisotopic (exact) mass is 315 g/mol. The van der Waals surface area contributed by atoms with Crippen LogP contribution in [0.4, 0.5) is 11.4 Å². The number of benzene rings is 2. The molecule has 0 saturated heterocycles. The molecule has 0 bridgehead atoms. The second-order valence-electron chi connectivity index (χ2n) is 5.77. The molecule has 2 heterocycles. The van der Waals surface area contributed by atoms with E-state index in [9.17, 15) is 5.11 Å². The van der Waals surface area contributed by atoms with Crippen LogP contribution in [0.2, 0.25) is 0 Å². The van der Waals surface area contributed by atoms with Gasteiger partial charge in [0, 0.05) is 24.4 Å². The van der Waals surface area contributed by atoms with E-state index in [1.54, 1.807) is 18.5 Å². The van der Waals surface area contributed by atoms with Gasteiger partial charge in [-0.3, -0.25) is 9.98 Å². The van der Waals surface area contributed by atoms with Crippen molar-refractivity contribution < 1.29 is 5.11 Å². The van der Waals surface area contributed by atoms with Crippen molar-refractivity contribution in [3.63, 3.8) is 0 Å². The lowest BCUT2D eigenvalue weighted by atomic mass is 9.97. The van der Waals surface area contributed by atoms with Crippen molar-refractivity contribution in [1.29, 1.82) is 0 Å². The number of aromatic hydroxyl groups is 1. The summed E-state index contributed by atoms with van der Waals surface area (Å²) in [6.07, 6.45) is 4.27. The lowest BCUT2D eigenvalue weighted by Gasteiger charge is -2.19. The van der Waals surface area contributed by atoms with Crippen LogP contribution in [0.3, 0.4) is 0 Å². The first-order valence-corrected chi connectivity index (χ1v) is 7.93. The predicted molar refractivity (Wildman–Crippen MR) is 96.0 cm³/mol. The molecule has 4 rings (SSSR count). The van der Waals surface area contributed by atoms with Crippen LogP contribution in [0.5, 0.6) is 5.75 Å². The fourth-order valence-electron chi connectivity index (χ4n) is 3.00. The minimum Gasteiger partial charge on any atom is -0.507 e. The third kappa shape index (κ3) is 2.74. The number of anilines is 1. The second-order valence-corrected chi connectivity index (χ2v) is 5.77. The highest BCUT2D eigenvalue weighted by molar-refractivity contribution is 6.05. The molecule has 0 fully saturated rings. The van der Waals surface area contributed by atoms with Gasteiger partial charge in [-0.25, -0.2) is 0 Å². The summed E-state index contributed by atoms with van der Waals surface area (Å²) in [5, 5.41) is 13.8. The van der Waals surface area contributed by atoms with Gasteiger partial charge in [0.25, 0.3) is 0 Å². The van der Waals surface area contributed by atoms with Crippen molar-refractivity contribution in [3.05, 3.63) is 84.2 Å². The number of nitrogens with one attached hydrogen (secondary N) is 1. The van der Waals surface area contributed by atoms with Crippen molar-refractivity contribution in [1.82, 2.24) is 4.98 Å². The molecular weight excluding hydrogens is 298 g/mol. The molecule has 0 aliphatic carbocycles. The molecule has 3 aromatic rings. The number of phenolic OH excluding ortho intramolecular Hbond substituents is 1. The molecule has 0 amide bonds. The minimum atomic E-state index is 0.0648. The van der Waals surface area contributed by atoms with Gasteiger partial charge in [-0.05, 0) is 42.0 Å². The molecule has 1 unspecified atom stereocenters. The molecule has 118 valence electrons. The van der Waals surface area contributed by atoms with Gasteiger partial charge in [0.1, 0.15) is 5.75 Å². The quantitative estimate of drug-likeness (QED) is 0.734. The normalized spacial score (nSPS) is 16.5. The average molecular weight is 315 g/mol. The standard InChI is InChI=1S/C20H17N3O/c24-20-8-4-1-5-15(20)19-13-18(14-9-11-21-12-10-14)22-16-6-2-3-7-17(16)23-19/h1-12,18,22,24H,13H2. The van der Waals surface area contributed by atoms with Crippen molar-refractivity contribution >= 4 is 17.1 Å². The largest absolute Gasteiger partial charge is 0.507 e. The van der Waals surface area contributed by atoms with E-state index in [1.807, 2.05) is 54.6 Å². The Kier molecular flexibility index (Phi) is 3.71. The molecule has 1 aromatic heterocycles. The Morgan fingerprint density at radius 3 is 2.50 bits per heavy atom. The molecule has 1 aliphatic heterocycles. The van der Waals surface area contributed by atoms with Crippen LogP contribution in [0.25, 0.3) is 0 Å². The van der Waals surface area contributed by atoms with Crippen LogP contribution in [0.1, 0.15) is 23.6 Å². The first-order chi connectivity index (χ1) is 11.8. The number of pyridine rings is 1. The summed E-state index contributed by atoms with van der Waals surface area (Å²) in [6.45, 7) is 0. The molecule has 0 radical (unpaired) electrons. The zero-order valence-electron chi connectivity index (χ0n) is 13.1. The molecule has 24 heavy (non-hydrogen) atoms. The Morgan fingerprint density at radius 2 is 1.67 bits per heavy atom. The van der Waals surface area contributed by atoms with Gasteiger partial charge in [-0.15, -0.1) is 0 Å². The summed E-state index contributed by atoms with van der Waals surface area (Å²) in [5.74, 6) is 0.254. The van der Waals surface area contributed by atoms with E-state index in [1.165, 1.54) is 0 Å². The van der Waals surface area contributed by atoms with E-state index in [2.05, 4.69) is 10.3 Å². The summed E-state index contributed by atoms with van der Waals surface area (Å²) in [4.78, 5) is 8.93. The molecule has 4 nitrogen and oxygen atoms in total. The Labute approximate surface area is 140 Å². The molecule has 0 saturated carbocycles. The zero-order valence-corrected chi connectivity index (χ0v) is 13.1. The molecule has 0 spiro atoms. The maximum absolute atomic E-state index is 10.2. The van der Waals surface area contributed by atoms with Crippen molar-refractivity contribution in [2.45, 2.75) is 12.5 Å². The number of nitrogens with zero attached hydrogens (tertiary/aromatic N) is 2. The zero-order chi connectivity index (χ0) is 16.4. The van der Waals surface area contributed by atoms with Gasteiger partial charge in [0.05, 0.1) is 23.1 Å². The van der Waals surface area contributed by atoms with E-state index in [4.69, 9.17) is 4.99 Å². The number of phenols is 1. The van der Waals surface area contributed by atoms with Gasteiger partial charge < -0.3 is 10.4 Å². The fraction of sp³-hybridized carbons (Fsp3) is 0.100. The van der Waals surface area contributed by atoms with Gasteiger partial charge in [-0.1, -0.05) is 24.3 Å². The SMILES string of the molecule is Oc1ccccc1C1=Nc2ccccc2NC(c2ccncc2)C1. The predicted octanol–water partition coefficient (Wildman–Crippen LogP) is 4.46. The minimum absolute atomic E-state index is 0.0648. The van der Waals surface area contributed by atoms with Crippen LogP contribution >= 0.6 is 0 Å². The average Bonchev–Trinajstić information content (AvgIpc) is 2.82. The summed E-state index contributed by atoms with van der Waals surface area (Å²) < 4.78 is 0. The molecule has 1 aliphatic rings. The summed E-state index contributed by atoms with van der Waals surface area (Å²) >= 11 is 0. The molecular formula is C20H17N3O. The molecule has 4 heteroatoms. The van der Waals surface area contributed by atoms with Gasteiger partial charge in [0.2, 0.25) is 0 Å². The molecule has 2 N–H and O–H groups in total. The number of hydrogen-bond acceptors (Lipinski definition) is 4. The van der Waals surface area contributed by atoms with E-state index >= 15 is 0 Å². The first kappa shape index (κ1) is 14.5. The third-order valence-electron chi connectivity index (χ3n) is 4.21. The fourth-order valence-corrected chi connectivity index (χ4v) is 3.00. The highest BCUT2D eigenvalue weighted by Crippen LogP contribution is 2.36. The lowest BCUT2D eigenvalue weighted by Crippen LogP contribution is -2.14. The molecule has 2 aromatic carbocycles. The van der Waals surface area contributed by atoms with E-state index in [-0.39, 0.29) is 11.8 Å². The maximum atomic E-state index is 10.2. The van der Waals surface area contributed by atoms with E-state index < -0.39 is 0 Å². The molecule has 1 atom stereocenters. The maximum Gasteiger partial charge on any atom is 0.124 e. The topological polar surface area (TPSA) is 57.5 Å². The number of aromatic nitrogens is 1. The Balaban J connectivity index is 1.83. The van der Waals surface area contributed by atoms with Crippen molar-refractivity contribution in [2.24, 2.45) is 4.99 Å². The van der Waals surface area contributed by atoms with E-state index in [0.717, 1.165) is 28.2 Å². The Morgan fingerprint density at radius 1 is 0.917 bits per heavy atom. The van der Waals surface area contributed by atoms with Crippen LogP contribution in [0, 0.1) is 0 Å². The van der Waals surface area contributed by atoms with Crippen LogP contribution in [-0.2, 0) is 0 Å². The Bertz CT molecular complexity index is 890. The van der Waals surface area contributed by atoms with E-state index in [0.29, 0.717) is 6.42 Å². The summed E-state index contributed by atoms with van der Waals surface area (Å²) in [5.41, 5.74) is 4.66. The van der Waals surface area contributed by atoms with Crippen molar-refractivity contribution in [3.8, 4) is 5.75 Å². The second kappa shape index (κ2) is 6.16. The smallest absolute Gasteiger partial charge is 0.124 e. The number of fused-ring (bicyclic) bond motifs is 1. The lowest BCUT2D eigenvalue weighted by molar-refractivity contribution is 0.474. The Hall–Kier alpha value is -3.14. The van der Waals surface area contributed by atoms with Crippen LogP contribution in [0.15, 0.2) is 78.0 Å². The van der Waals surface area contributed by atoms with Crippen LogP contribution < -0.4 is 5.32 Å². The van der Waals surface area contributed by atoms with Crippen molar-refractivity contribution in [2.75, 3.05) is 5.32 Å².